The van der Waals surface area contributed by atoms with E-state index >= 15 is 0 Å². The lowest BCUT2D eigenvalue weighted by atomic mass is 10.1. The molecule has 2 rings (SSSR count). The Labute approximate surface area is 128 Å². The number of rotatable bonds is 6. The van der Waals surface area contributed by atoms with Crippen molar-refractivity contribution < 1.29 is 14.6 Å². The van der Waals surface area contributed by atoms with E-state index in [1.807, 2.05) is 11.8 Å². The molecule has 0 bridgehead atoms. The zero-order chi connectivity index (χ0) is 15.2. The van der Waals surface area contributed by atoms with Crippen molar-refractivity contribution in [1.82, 2.24) is 9.80 Å². The summed E-state index contributed by atoms with van der Waals surface area (Å²) in [7, 11) is 0. The normalized spacial score (nSPS) is 28.8. The van der Waals surface area contributed by atoms with Crippen LogP contribution in [0.25, 0.3) is 0 Å². The van der Waals surface area contributed by atoms with Gasteiger partial charge in [-0.25, -0.2) is 0 Å². The molecule has 0 aromatic carbocycles. The quantitative estimate of drug-likeness (QED) is 0.750. The molecule has 0 radical (unpaired) electrons. The molecule has 1 saturated carbocycles. The zero-order valence-corrected chi connectivity index (χ0v) is 13.5. The van der Waals surface area contributed by atoms with Crippen LogP contribution in [0.5, 0.6) is 0 Å². The maximum Gasteiger partial charge on any atom is 0.251 e. The second-order valence-corrected chi connectivity index (χ2v) is 6.29. The summed E-state index contributed by atoms with van der Waals surface area (Å²) in [6, 6.07) is 0.306. The zero-order valence-electron chi connectivity index (χ0n) is 13.5. The van der Waals surface area contributed by atoms with Gasteiger partial charge < -0.3 is 14.7 Å². The Morgan fingerprint density at radius 2 is 2.00 bits per heavy atom. The Morgan fingerprint density at radius 3 is 2.57 bits per heavy atom. The molecule has 0 aromatic rings. The molecule has 1 aliphatic carbocycles. The van der Waals surface area contributed by atoms with Gasteiger partial charge in [0.25, 0.3) is 5.91 Å². The smallest absolute Gasteiger partial charge is 0.251 e. The molecular weight excluding hydrogens is 268 g/mol. The summed E-state index contributed by atoms with van der Waals surface area (Å²) >= 11 is 0. The van der Waals surface area contributed by atoms with E-state index in [4.69, 9.17) is 4.74 Å². The lowest BCUT2D eigenvalue weighted by Gasteiger charge is -2.39. The number of aliphatic hydroxyl groups excluding tert-OH is 1. The van der Waals surface area contributed by atoms with Crippen molar-refractivity contribution in [3.8, 4) is 0 Å². The number of carbonyl (C=O) groups excluding carboxylic acids is 1. The molecule has 1 saturated heterocycles. The van der Waals surface area contributed by atoms with Crippen LogP contribution in [0, 0.1) is 0 Å². The van der Waals surface area contributed by atoms with Crippen LogP contribution in [-0.4, -0.2) is 71.8 Å². The summed E-state index contributed by atoms with van der Waals surface area (Å²) in [6.45, 7) is 7.88. The third-order valence-electron chi connectivity index (χ3n) is 4.75. The first-order chi connectivity index (χ1) is 10.1. The Bertz CT molecular complexity index is 329. The van der Waals surface area contributed by atoms with Crippen molar-refractivity contribution in [3.05, 3.63) is 0 Å². The predicted octanol–water partition coefficient (Wildman–Crippen LogP) is 1.25. The van der Waals surface area contributed by atoms with E-state index < -0.39 is 0 Å². The van der Waals surface area contributed by atoms with E-state index in [0.717, 1.165) is 58.3 Å². The molecule has 0 spiro atoms. The number of amides is 1. The molecule has 122 valence electrons. The molecule has 1 heterocycles. The van der Waals surface area contributed by atoms with Gasteiger partial charge in [-0.2, -0.15) is 0 Å². The molecular formula is C16H30N2O3. The topological polar surface area (TPSA) is 53.0 Å². The third kappa shape index (κ3) is 4.41. The van der Waals surface area contributed by atoms with E-state index in [9.17, 15) is 9.90 Å². The Balaban J connectivity index is 1.73. The fourth-order valence-corrected chi connectivity index (χ4v) is 3.35. The molecule has 2 aliphatic rings. The van der Waals surface area contributed by atoms with Gasteiger partial charge in [-0.15, -0.1) is 0 Å². The Hall–Kier alpha value is -0.650. The van der Waals surface area contributed by atoms with E-state index in [0.29, 0.717) is 12.6 Å². The summed E-state index contributed by atoms with van der Waals surface area (Å²) < 4.78 is 5.60. The van der Waals surface area contributed by atoms with Crippen LogP contribution < -0.4 is 0 Å². The molecule has 5 heteroatoms. The van der Waals surface area contributed by atoms with Crippen LogP contribution in [0.2, 0.25) is 0 Å². The summed E-state index contributed by atoms with van der Waals surface area (Å²) in [4.78, 5) is 16.6. The molecule has 3 unspecified atom stereocenters. The highest BCUT2D eigenvalue weighted by Crippen LogP contribution is 2.25. The van der Waals surface area contributed by atoms with E-state index in [1.54, 1.807) is 0 Å². The summed E-state index contributed by atoms with van der Waals surface area (Å²) in [5, 5.41) is 9.98. The van der Waals surface area contributed by atoms with Crippen LogP contribution in [0.3, 0.4) is 0 Å². The van der Waals surface area contributed by atoms with Crippen LogP contribution in [0.1, 0.15) is 46.0 Å². The van der Waals surface area contributed by atoms with Gasteiger partial charge in [-0.05, 0) is 32.6 Å². The summed E-state index contributed by atoms with van der Waals surface area (Å²) in [6.07, 6.45) is 4.71. The largest absolute Gasteiger partial charge is 0.391 e. The highest BCUT2D eigenvalue weighted by atomic mass is 16.5. The highest BCUT2D eigenvalue weighted by molar-refractivity contribution is 5.80. The number of carbonyl (C=O) groups is 1. The number of aliphatic hydroxyl groups is 1. The second-order valence-electron chi connectivity index (χ2n) is 6.29. The van der Waals surface area contributed by atoms with Gasteiger partial charge in [0.2, 0.25) is 0 Å². The van der Waals surface area contributed by atoms with Gasteiger partial charge in [0.15, 0.2) is 0 Å². The van der Waals surface area contributed by atoms with E-state index in [2.05, 4.69) is 11.8 Å². The second kappa shape index (κ2) is 8.11. The van der Waals surface area contributed by atoms with Crippen molar-refractivity contribution in [3.63, 3.8) is 0 Å². The average molecular weight is 298 g/mol. The van der Waals surface area contributed by atoms with Crippen molar-refractivity contribution in [2.75, 3.05) is 32.8 Å². The third-order valence-corrected chi connectivity index (χ3v) is 4.75. The number of hydrogen-bond donors (Lipinski definition) is 1. The SMILES string of the molecule is CCCCOC(C)C(=O)N1CCN(C2CCCC2O)CC1. The Kier molecular flexibility index (Phi) is 6.45. The first-order valence-corrected chi connectivity index (χ1v) is 8.46. The maximum atomic E-state index is 12.3. The Morgan fingerprint density at radius 1 is 1.29 bits per heavy atom. The standard InChI is InChI=1S/C16H30N2O3/c1-3-4-12-21-13(2)16(20)18-10-8-17(9-11-18)14-6-5-7-15(14)19/h13-15,19H,3-12H2,1-2H3. The van der Waals surface area contributed by atoms with Gasteiger partial charge in [0, 0.05) is 38.8 Å². The highest BCUT2D eigenvalue weighted by Gasteiger charge is 2.34. The summed E-state index contributed by atoms with van der Waals surface area (Å²) in [5.74, 6) is 0.109. The summed E-state index contributed by atoms with van der Waals surface area (Å²) in [5.41, 5.74) is 0. The molecule has 21 heavy (non-hydrogen) atoms. The number of nitrogens with zero attached hydrogens (tertiary/aromatic N) is 2. The minimum absolute atomic E-state index is 0.109. The van der Waals surface area contributed by atoms with Crippen molar-refractivity contribution in [2.24, 2.45) is 0 Å². The molecule has 1 N–H and O–H groups in total. The number of unbranched alkanes of at least 4 members (excludes halogenated alkanes) is 1. The predicted molar refractivity (Wildman–Crippen MR) is 82.1 cm³/mol. The van der Waals surface area contributed by atoms with Crippen LogP contribution in [-0.2, 0) is 9.53 Å². The molecule has 2 fully saturated rings. The van der Waals surface area contributed by atoms with E-state index in [1.165, 1.54) is 0 Å². The van der Waals surface area contributed by atoms with Gasteiger partial charge in [0.1, 0.15) is 6.10 Å². The van der Waals surface area contributed by atoms with Crippen molar-refractivity contribution >= 4 is 5.91 Å². The van der Waals surface area contributed by atoms with Gasteiger partial charge in [0.05, 0.1) is 6.10 Å². The molecule has 1 amide bonds. The fraction of sp³-hybridized carbons (Fsp3) is 0.938. The lowest BCUT2D eigenvalue weighted by Crippen LogP contribution is -2.55. The van der Waals surface area contributed by atoms with Crippen molar-refractivity contribution in [2.45, 2.75) is 64.2 Å². The fourth-order valence-electron chi connectivity index (χ4n) is 3.35. The number of ether oxygens (including phenoxy) is 1. The average Bonchev–Trinajstić information content (AvgIpc) is 2.93. The minimum atomic E-state index is -0.333. The minimum Gasteiger partial charge on any atom is -0.391 e. The molecule has 5 nitrogen and oxygen atoms in total. The van der Waals surface area contributed by atoms with Gasteiger partial charge in [-0.1, -0.05) is 13.3 Å². The van der Waals surface area contributed by atoms with Crippen molar-refractivity contribution in [1.29, 1.82) is 0 Å². The molecule has 3 atom stereocenters. The van der Waals surface area contributed by atoms with Gasteiger partial charge >= 0.3 is 0 Å². The van der Waals surface area contributed by atoms with Crippen LogP contribution in [0.15, 0.2) is 0 Å². The van der Waals surface area contributed by atoms with Gasteiger partial charge in [-0.3, -0.25) is 9.69 Å². The van der Waals surface area contributed by atoms with Crippen LogP contribution >= 0.6 is 0 Å². The molecule has 0 aromatic heterocycles. The number of hydrogen-bond acceptors (Lipinski definition) is 4. The maximum absolute atomic E-state index is 12.3. The monoisotopic (exact) mass is 298 g/mol. The van der Waals surface area contributed by atoms with E-state index in [-0.39, 0.29) is 18.1 Å². The first-order valence-electron chi connectivity index (χ1n) is 8.46. The lowest BCUT2D eigenvalue weighted by molar-refractivity contribution is -0.145. The van der Waals surface area contributed by atoms with Crippen LogP contribution in [0.4, 0.5) is 0 Å². The number of piperazine rings is 1. The molecule has 1 aliphatic heterocycles. The first kappa shape index (κ1) is 16.7.